The average molecular weight is 235 g/mol. The van der Waals surface area contributed by atoms with Gasteiger partial charge in [-0.1, -0.05) is 24.3 Å². The molecule has 0 saturated heterocycles. The Morgan fingerprint density at radius 3 is 2.88 bits per heavy atom. The maximum Gasteiger partial charge on any atom is 0.252 e. The van der Waals surface area contributed by atoms with Crippen molar-refractivity contribution in [1.29, 1.82) is 0 Å². The summed E-state index contributed by atoms with van der Waals surface area (Å²) < 4.78 is 0. The third-order valence-electron chi connectivity index (χ3n) is 2.18. The zero-order chi connectivity index (χ0) is 11.8. The Bertz CT molecular complexity index is 374. The first-order valence-corrected chi connectivity index (χ1v) is 6.54. The van der Waals surface area contributed by atoms with Gasteiger partial charge in [-0.25, -0.2) is 0 Å². The molecule has 0 saturated carbocycles. The van der Waals surface area contributed by atoms with E-state index in [2.05, 4.69) is 5.32 Å². The molecule has 3 heteroatoms. The van der Waals surface area contributed by atoms with Crippen LogP contribution in [-0.2, 0) is 0 Å². The maximum atomic E-state index is 11.8. The Morgan fingerprint density at radius 2 is 2.19 bits per heavy atom. The minimum Gasteiger partial charge on any atom is -0.352 e. The molecule has 1 aromatic rings. The van der Waals surface area contributed by atoms with E-state index in [0.717, 1.165) is 16.9 Å². The lowest BCUT2D eigenvalue weighted by Gasteiger charge is -2.07. The van der Waals surface area contributed by atoms with Crippen molar-refractivity contribution in [3.8, 4) is 0 Å². The van der Waals surface area contributed by atoms with Crippen molar-refractivity contribution in [2.75, 3.05) is 12.8 Å². The van der Waals surface area contributed by atoms with Crippen LogP contribution in [0, 0.1) is 0 Å². The molecular weight excluding hydrogens is 218 g/mol. The van der Waals surface area contributed by atoms with Gasteiger partial charge in [0.15, 0.2) is 0 Å². The van der Waals surface area contributed by atoms with Crippen LogP contribution in [0.2, 0.25) is 0 Å². The first-order chi connectivity index (χ1) is 7.79. The second kappa shape index (κ2) is 7.12. The fraction of sp³-hybridized carbons (Fsp3) is 0.308. The molecule has 1 N–H and O–H groups in total. The van der Waals surface area contributed by atoms with Gasteiger partial charge < -0.3 is 5.32 Å². The highest BCUT2D eigenvalue weighted by molar-refractivity contribution is 7.98. The maximum absolute atomic E-state index is 11.8. The van der Waals surface area contributed by atoms with Crippen molar-refractivity contribution in [3.63, 3.8) is 0 Å². The van der Waals surface area contributed by atoms with Crippen LogP contribution in [-0.4, -0.2) is 18.7 Å². The first kappa shape index (κ1) is 12.8. The van der Waals surface area contributed by atoms with E-state index < -0.39 is 0 Å². The van der Waals surface area contributed by atoms with Gasteiger partial charge in [0.05, 0.1) is 5.56 Å². The van der Waals surface area contributed by atoms with Gasteiger partial charge in [0.2, 0.25) is 0 Å². The number of benzene rings is 1. The van der Waals surface area contributed by atoms with Gasteiger partial charge in [-0.05, 0) is 31.7 Å². The standard InChI is InChI=1S/C13H17NOS/c1-3-4-7-10-14-13(15)11-8-5-6-9-12(11)16-2/h3-6,8-9H,7,10H2,1-2H3,(H,14,15)/b4-3+. The van der Waals surface area contributed by atoms with Gasteiger partial charge in [-0.15, -0.1) is 11.8 Å². The fourth-order valence-electron chi connectivity index (χ4n) is 1.36. The largest absolute Gasteiger partial charge is 0.352 e. The van der Waals surface area contributed by atoms with Gasteiger partial charge >= 0.3 is 0 Å². The van der Waals surface area contributed by atoms with Gasteiger partial charge in [0, 0.05) is 11.4 Å². The molecule has 0 aromatic heterocycles. The number of thioether (sulfide) groups is 1. The van der Waals surface area contributed by atoms with E-state index in [0.29, 0.717) is 6.54 Å². The first-order valence-electron chi connectivity index (χ1n) is 5.32. The molecule has 0 aliphatic carbocycles. The molecule has 16 heavy (non-hydrogen) atoms. The summed E-state index contributed by atoms with van der Waals surface area (Å²) in [7, 11) is 0. The molecule has 0 atom stereocenters. The fourth-order valence-corrected chi connectivity index (χ4v) is 1.96. The summed E-state index contributed by atoms with van der Waals surface area (Å²) in [5.74, 6) is 0.00875. The second-order valence-electron chi connectivity index (χ2n) is 3.31. The molecular formula is C13H17NOS. The van der Waals surface area contributed by atoms with Gasteiger partial charge in [0.25, 0.3) is 5.91 Å². The predicted octanol–water partition coefficient (Wildman–Crippen LogP) is 3.10. The SMILES string of the molecule is C/C=C/CCNC(=O)c1ccccc1SC. The zero-order valence-electron chi connectivity index (χ0n) is 9.69. The Morgan fingerprint density at radius 1 is 1.44 bits per heavy atom. The summed E-state index contributed by atoms with van der Waals surface area (Å²) in [5.41, 5.74) is 0.760. The van der Waals surface area contributed by atoms with E-state index in [4.69, 9.17) is 0 Å². The lowest BCUT2D eigenvalue weighted by molar-refractivity contribution is 0.0951. The lowest BCUT2D eigenvalue weighted by Crippen LogP contribution is -2.24. The lowest BCUT2D eigenvalue weighted by atomic mass is 10.2. The number of amides is 1. The molecule has 0 bridgehead atoms. The Hall–Kier alpha value is -1.22. The quantitative estimate of drug-likeness (QED) is 0.483. The van der Waals surface area contributed by atoms with Crippen molar-refractivity contribution in [2.45, 2.75) is 18.2 Å². The Labute approximate surface area is 101 Å². The van der Waals surface area contributed by atoms with Crippen LogP contribution in [0.5, 0.6) is 0 Å². The third-order valence-corrected chi connectivity index (χ3v) is 2.98. The number of nitrogens with one attached hydrogen (secondary N) is 1. The highest BCUT2D eigenvalue weighted by atomic mass is 32.2. The number of carbonyl (C=O) groups excluding carboxylic acids is 1. The molecule has 0 spiro atoms. The smallest absolute Gasteiger partial charge is 0.252 e. The minimum absolute atomic E-state index is 0.00875. The van der Waals surface area contributed by atoms with Gasteiger partial charge in [-0.3, -0.25) is 4.79 Å². The van der Waals surface area contributed by atoms with Crippen LogP contribution in [0.25, 0.3) is 0 Å². The topological polar surface area (TPSA) is 29.1 Å². The molecule has 1 aromatic carbocycles. The van der Waals surface area contributed by atoms with Crippen LogP contribution in [0.4, 0.5) is 0 Å². The molecule has 2 nitrogen and oxygen atoms in total. The van der Waals surface area contributed by atoms with E-state index in [9.17, 15) is 4.79 Å². The highest BCUT2D eigenvalue weighted by Crippen LogP contribution is 2.19. The third kappa shape index (κ3) is 3.74. The van der Waals surface area contributed by atoms with Crippen LogP contribution < -0.4 is 5.32 Å². The molecule has 0 fully saturated rings. The second-order valence-corrected chi connectivity index (χ2v) is 4.16. The number of hydrogen-bond acceptors (Lipinski definition) is 2. The summed E-state index contributed by atoms with van der Waals surface area (Å²) in [5, 5.41) is 2.90. The van der Waals surface area contributed by atoms with Crippen LogP contribution in [0.1, 0.15) is 23.7 Å². The average Bonchev–Trinajstić information content (AvgIpc) is 2.34. The predicted molar refractivity (Wildman–Crippen MR) is 70.0 cm³/mol. The molecule has 1 amide bonds. The van der Waals surface area contributed by atoms with Crippen molar-refractivity contribution < 1.29 is 4.79 Å². The van der Waals surface area contributed by atoms with Crippen molar-refractivity contribution >= 4 is 17.7 Å². The summed E-state index contributed by atoms with van der Waals surface area (Å²) in [6.45, 7) is 2.66. The van der Waals surface area contributed by atoms with E-state index in [1.54, 1.807) is 11.8 Å². The van der Waals surface area contributed by atoms with Crippen molar-refractivity contribution in [1.82, 2.24) is 5.32 Å². The molecule has 86 valence electrons. The van der Waals surface area contributed by atoms with Gasteiger partial charge in [-0.2, -0.15) is 0 Å². The molecule has 0 unspecified atom stereocenters. The summed E-state index contributed by atoms with van der Waals surface area (Å²) >= 11 is 1.59. The van der Waals surface area contributed by atoms with Crippen molar-refractivity contribution in [3.05, 3.63) is 42.0 Å². The number of rotatable bonds is 5. The van der Waals surface area contributed by atoms with E-state index in [1.807, 2.05) is 49.6 Å². The number of allylic oxidation sites excluding steroid dienone is 1. The summed E-state index contributed by atoms with van der Waals surface area (Å²) in [4.78, 5) is 12.9. The molecule has 0 radical (unpaired) electrons. The molecule has 0 heterocycles. The van der Waals surface area contributed by atoms with Crippen molar-refractivity contribution in [2.24, 2.45) is 0 Å². The van der Waals surface area contributed by atoms with E-state index in [1.165, 1.54) is 0 Å². The van der Waals surface area contributed by atoms with E-state index >= 15 is 0 Å². The van der Waals surface area contributed by atoms with Crippen LogP contribution in [0.15, 0.2) is 41.3 Å². The normalized spacial score (nSPS) is 10.6. The van der Waals surface area contributed by atoms with Crippen LogP contribution >= 0.6 is 11.8 Å². The zero-order valence-corrected chi connectivity index (χ0v) is 10.5. The van der Waals surface area contributed by atoms with Crippen LogP contribution in [0.3, 0.4) is 0 Å². The monoisotopic (exact) mass is 235 g/mol. The minimum atomic E-state index is 0.00875. The highest BCUT2D eigenvalue weighted by Gasteiger charge is 2.08. The molecule has 1 rings (SSSR count). The Kier molecular flexibility index (Phi) is 5.72. The summed E-state index contributed by atoms with van der Waals surface area (Å²) in [6, 6.07) is 7.66. The van der Waals surface area contributed by atoms with E-state index in [-0.39, 0.29) is 5.91 Å². The Balaban J connectivity index is 2.58. The summed E-state index contributed by atoms with van der Waals surface area (Å²) in [6.07, 6.45) is 6.89. The molecule has 0 aliphatic heterocycles. The molecule has 0 aliphatic rings. The van der Waals surface area contributed by atoms with Gasteiger partial charge in [0.1, 0.15) is 0 Å². The number of hydrogen-bond donors (Lipinski definition) is 1. The number of carbonyl (C=O) groups is 1.